The van der Waals surface area contributed by atoms with Gasteiger partial charge in [0.1, 0.15) is 11.5 Å². The lowest BCUT2D eigenvalue weighted by Crippen LogP contribution is -2.28. The molecule has 1 fully saturated rings. The van der Waals surface area contributed by atoms with Crippen LogP contribution in [0.1, 0.15) is 16.9 Å². The molecule has 2 heterocycles. The molecule has 156 valence electrons. The number of amides is 1. The number of amidine groups is 1. The average molecular weight is 452 g/mol. The van der Waals surface area contributed by atoms with Gasteiger partial charge in [0.25, 0.3) is 5.91 Å². The molecule has 0 saturated carbocycles. The van der Waals surface area contributed by atoms with Gasteiger partial charge in [0.05, 0.1) is 31.0 Å². The molecule has 31 heavy (non-hydrogen) atoms. The summed E-state index contributed by atoms with van der Waals surface area (Å²) in [6.07, 6.45) is 5.02. The van der Waals surface area contributed by atoms with Crippen LogP contribution in [0.5, 0.6) is 5.75 Å². The number of methoxy groups -OCH3 is 1. The Balaban J connectivity index is 1.59. The van der Waals surface area contributed by atoms with Crippen molar-refractivity contribution in [3.8, 4) is 5.75 Å². The molecule has 3 aromatic rings. The zero-order valence-corrected chi connectivity index (χ0v) is 18.1. The Morgan fingerprint density at radius 3 is 2.52 bits per heavy atom. The van der Waals surface area contributed by atoms with E-state index in [0.717, 1.165) is 16.9 Å². The lowest BCUT2D eigenvalue weighted by atomic mass is 10.2. The van der Waals surface area contributed by atoms with Crippen LogP contribution in [0.25, 0.3) is 6.08 Å². The highest BCUT2D eigenvalue weighted by Gasteiger charge is 2.34. The van der Waals surface area contributed by atoms with Crippen LogP contribution < -0.4 is 4.74 Å². The van der Waals surface area contributed by atoms with E-state index in [0.29, 0.717) is 20.9 Å². The van der Waals surface area contributed by atoms with E-state index in [1.54, 1.807) is 42.7 Å². The van der Waals surface area contributed by atoms with Crippen LogP contribution in [0.2, 0.25) is 5.02 Å². The average Bonchev–Trinajstić information content (AvgIpc) is 3.40. The van der Waals surface area contributed by atoms with E-state index in [1.807, 2.05) is 48.5 Å². The third-order valence-corrected chi connectivity index (χ3v) is 5.66. The van der Waals surface area contributed by atoms with Crippen molar-refractivity contribution in [1.82, 2.24) is 4.90 Å². The molecule has 1 aliphatic heterocycles. The number of carbonyl (C=O) groups excluding carboxylic acids is 1. The van der Waals surface area contributed by atoms with Gasteiger partial charge < -0.3 is 9.15 Å². The van der Waals surface area contributed by atoms with Crippen LogP contribution in [-0.4, -0.2) is 29.3 Å². The summed E-state index contributed by atoms with van der Waals surface area (Å²) in [5, 5.41) is 9.60. The fourth-order valence-corrected chi connectivity index (χ4v) is 3.89. The summed E-state index contributed by atoms with van der Waals surface area (Å²) in [5.74, 6) is 1.27. The van der Waals surface area contributed by atoms with Crippen LogP contribution in [0, 0.1) is 0 Å². The Morgan fingerprint density at radius 1 is 1.10 bits per heavy atom. The van der Waals surface area contributed by atoms with Crippen LogP contribution in [0.3, 0.4) is 0 Å². The van der Waals surface area contributed by atoms with Crippen molar-refractivity contribution in [3.63, 3.8) is 0 Å². The molecule has 0 radical (unpaired) electrons. The Bertz CT molecular complexity index is 1140. The number of carbonyl (C=O) groups is 1. The highest BCUT2D eigenvalue weighted by molar-refractivity contribution is 8.18. The first-order valence-electron chi connectivity index (χ1n) is 9.37. The molecule has 0 atom stereocenters. The number of nitrogens with zero attached hydrogens (tertiary/aromatic N) is 3. The molecule has 0 bridgehead atoms. The zero-order chi connectivity index (χ0) is 21.6. The van der Waals surface area contributed by atoms with Crippen molar-refractivity contribution >= 4 is 46.7 Å². The van der Waals surface area contributed by atoms with E-state index < -0.39 is 0 Å². The second kappa shape index (κ2) is 9.68. The van der Waals surface area contributed by atoms with Crippen molar-refractivity contribution in [2.45, 2.75) is 6.54 Å². The minimum atomic E-state index is -0.158. The fourth-order valence-electron chi connectivity index (χ4n) is 2.83. The highest BCUT2D eigenvalue weighted by atomic mass is 35.5. The van der Waals surface area contributed by atoms with Crippen LogP contribution in [0.15, 0.2) is 86.5 Å². The van der Waals surface area contributed by atoms with Crippen LogP contribution >= 0.6 is 23.4 Å². The molecule has 1 aliphatic rings. The van der Waals surface area contributed by atoms with E-state index in [4.69, 9.17) is 20.8 Å². The molecule has 4 rings (SSSR count). The largest absolute Gasteiger partial charge is 0.497 e. The second-order valence-corrected chi connectivity index (χ2v) is 7.98. The maximum absolute atomic E-state index is 13.0. The van der Waals surface area contributed by atoms with Gasteiger partial charge in [-0.25, -0.2) is 0 Å². The molecule has 1 amide bonds. The molecule has 2 aromatic carbocycles. The number of ether oxygens (including phenoxy) is 1. The molecular formula is C23H18ClN3O3S. The maximum atomic E-state index is 13.0. The van der Waals surface area contributed by atoms with E-state index in [9.17, 15) is 4.79 Å². The Labute approximate surface area is 188 Å². The number of thioether (sulfide) groups is 1. The normalized spacial score (nSPS) is 16.7. The van der Waals surface area contributed by atoms with Gasteiger partial charge in [0, 0.05) is 5.02 Å². The van der Waals surface area contributed by atoms with Crippen molar-refractivity contribution in [3.05, 3.63) is 93.7 Å². The van der Waals surface area contributed by atoms with Gasteiger partial charge in [0.2, 0.25) is 0 Å². The topological polar surface area (TPSA) is 67.4 Å². The quantitative estimate of drug-likeness (QED) is 0.284. The zero-order valence-electron chi connectivity index (χ0n) is 16.6. The first-order valence-corrected chi connectivity index (χ1v) is 10.6. The molecule has 0 aliphatic carbocycles. The molecule has 1 aromatic heterocycles. The van der Waals surface area contributed by atoms with E-state index in [1.165, 1.54) is 11.8 Å². The number of rotatable bonds is 6. The maximum Gasteiger partial charge on any atom is 0.267 e. The molecule has 0 spiro atoms. The first-order chi connectivity index (χ1) is 15.1. The predicted octanol–water partition coefficient (Wildman–Crippen LogP) is 5.45. The smallest absolute Gasteiger partial charge is 0.267 e. The minimum Gasteiger partial charge on any atom is -0.497 e. The summed E-state index contributed by atoms with van der Waals surface area (Å²) < 4.78 is 10.6. The molecule has 1 saturated heterocycles. The van der Waals surface area contributed by atoms with Gasteiger partial charge >= 0.3 is 0 Å². The molecule has 0 N–H and O–H groups in total. The monoisotopic (exact) mass is 451 g/mol. The summed E-state index contributed by atoms with van der Waals surface area (Å²) in [6, 6.07) is 18.3. The van der Waals surface area contributed by atoms with Crippen molar-refractivity contribution in [2.24, 2.45) is 10.2 Å². The first kappa shape index (κ1) is 21.0. The third kappa shape index (κ3) is 5.25. The number of hydrogen-bond acceptors (Lipinski definition) is 6. The van der Waals surface area contributed by atoms with Crippen molar-refractivity contribution < 1.29 is 13.9 Å². The standard InChI is InChI=1S/C23H18ClN3O3S/c1-29-19-10-6-17(7-11-19)14-25-26-23-27(15-20-3-2-12-30-20)22(28)21(31-23)13-16-4-8-18(24)9-5-16/h2-14H,15H2,1H3/b21-13-,25-14+,26-23-. The fraction of sp³-hybridized carbons (Fsp3) is 0.0870. The second-order valence-electron chi connectivity index (χ2n) is 6.53. The van der Waals surface area contributed by atoms with E-state index >= 15 is 0 Å². The number of benzene rings is 2. The summed E-state index contributed by atoms with van der Waals surface area (Å²) in [5.41, 5.74) is 1.75. The Hall–Kier alpha value is -3.29. The van der Waals surface area contributed by atoms with E-state index in [-0.39, 0.29) is 12.5 Å². The van der Waals surface area contributed by atoms with Gasteiger partial charge in [0.15, 0.2) is 5.17 Å². The SMILES string of the molecule is COc1ccc(/C=N/N=C2\S/C(=C\c3ccc(Cl)cc3)C(=O)N2Cc2ccco2)cc1. The summed E-state index contributed by atoms with van der Waals surface area (Å²) >= 11 is 7.22. The number of furan rings is 1. The van der Waals surface area contributed by atoms with Crippen molar-refractivity contribution in [2.75, 3.05) is 7.11 Å². The molecule has 0 unspecified atom stereocenters. The highest BCUT2D eigenvalue weighted by Crippen LogP contribution is 2.34. The van der Waals surface area contributed by atoms with Gasteiger partial charge in [-0.2, -0.15) is 5.10 Å². The van der Waals surface area contributed by atoms with E-state index in [2.05, 4.69) is 10.2 Å². The molecule has 6 nitrogen and oxygen atoms in total. The number of hydrogen-bond donors (Lipinski definition) is 0. The van der Waals surface area contributed by atoms with Gasteiger partial charge in [-0.05, 0) is 77.5 Å². The molecular weight excluding hydrogens is 434 g/mol. The summed E-state index contributed by atoms with van der Waals surface area (Å²) in [7, 11) is 1.62. The summed E-state index contributed by atoms with van der Waals surface area (Å²) in [6.45, 7) is 0.272. The third-order valence-electron chi connectivity index (χ3n) is 4.42. The van der Waals surface area contributed by atoms with Crippen LogP contribution in [0.4, 0.5) is 0 Å². The van der Waals surface area contributed by atoms with Gasteiger partial charge in [-0.15, -0.1) is 5.10 Å². The van der Waals surface area contributed by atoms with Crippen LogP contribution in [-0.2, 0) is 11.3 Å². The predicted molar refractivity (Wildman–Crippen MR) is 124 cm³/mol. The number of halogens is 1. The van der Waals surface area contributed by atoms with Gasteiger partial charge in [-0.3, -0.25) is 9.69 Å². The Morgan fingerprint density at radius 2 is 1.84 bits per heavy atom. The molecule has 8 heteroatoms. The van der Waals surface area contributed by atoms with Gasteiger partial charge in [-0.1, -0.05) is 23.7 Å². The lowest BCUT2D eigenvalue weighted by molar-refractivity contribution is -0.122. The summed E-state index contributed by atoms with van der Waals surface area (Å²) in [4.78, 5) is 15.1. The minimum absolute atomic E-state index is 0.158. The van der Waals surface area contributed by atoms with Crippen molar-refractivity contribution in [1.29, 1.82) is 0 Å². The Kier molecular flexibility index (Phi) is 6.54. The lowest BCUT2D eigenvalue weighted by Gasteiger charge is -2.12.